The van der Waals surface area contributed by atoms with Gasteiger partial charge in [0.15, 0.2) is 17.2 Å². The Kier molecular flexibility index (Phi) is 4.57. The van der Waals surface area contributed by atoms with Gasteiger partial charge in [-0.25, -0.2) is 13.8 Å². The Morgan fingerprint density at radius 1 is 1.07 bits per heavy atom. The molecule has 28 heavy (non-hydrogen) atoms. The summed E-state index contributed by atoms with van der Waals surface area (Å²) in [6.07, 6.45) is 0. The number of oxazole rings is 1. The summed E-state index contributed by atoms with van der Waals surface area (Å²) in [6, 6.07) is 14.0. The second-order valence-corrected chi connectivity index (χ2v) is 6.62. The molecule has 0 aliphatic carbocycles. The van der Waals surface area contributed by atoms with Crippen molar-refractivity contribution >= 4 is 34.3 Å². The lowest BCUT2D eigenvalue weighted by atomic mass is 10.1. The molecule has 0 atom stereocenters. The van der Waals surface area contributed by atoms with Crippen molar-refractivity contribution in [3.63, 3.8) is 0 Å². The number of nitrogens with zero attached hydrogens (tertiary/aromatic N) is 1. The van der Waals surface area contributed by atoms with Crippen molar-refractivity contribution in [3.8, 4) is 11.5 Å². The van der Waals surface area contributed by atoms with Crippen LogP contribution in [0.15, 0.2) is 59.0 Å². The van der Waals surface area contributed by atoms with E-state index in [1.165, 1.54) is 0 Å². The summed E-state index contributed by atoms with van der Waals surface area (Å²) in [4.78, 5) is 16.7. The van der Waals surface area contributed by atoms with Crippen LogP contribution in [0, 0.1) is 18.6 Å². The van der Waals surface area contributed by atoms with E-state index in [0.29, 0.717) is 22.4 Å². The van der Waals surface area contributed by atoms with Crippen molar-refractivity contribution in [3.05, 3.63) is 82.4 Å². The van der Waals surface area contributed by atoms with Crippen molar-refractivity contribution in [2.24, 2.45) is 0 Å². The molecule has 0 spiro atoms. The number of hydrogen-bond donors (Lipinski definition) is 1. The number of nitrogens with one attached hydrogen (secondary N) is 1. The van der Waals surface area contributed by atoms with Crippen molar-refractivity contribution in [1.82, 2.24) is 4.98 Å². The number of carbonyl (C=O) groups is 1. The van der Waals surface area contributed by atoms with Gasteiger partial charge in [-0.3, -0.25) is 4.79 Å². The number of anilines is 1. The molecule has 0 bridgehead atoms. The Morgan fingerprint density at radius 3 is 2.61 bits per heavy atom. The summed E-state index contributed by atoms with van der Waals surface area (Å²) in [5.41, 5.74) is 2.96. The maximum Gasteiger partial charge on any atom is 0.255 e. The van der Waals surface area contributed by atoms with Crippen molar-refractivity contribution < 1.29 is 18.0 Å². The van der Waals surface area contributed by atoms with Gasteiger partial charge < -0.3 is 9.73 Å². The monoisotopic (exact) mass is 398 g/mol. The molecule has 1 amide bonds. The van der Waals surface area contributed by atoms with Crippen LogP contribution in [0.1, 0.15) is 15.9 Å². The average Bonchev–Trinajstić information content (AvgIpc) is 3.08. The zero-order valence-electron chi connectivity index (χ0n) is 14.6. The molecule has 0 saturated heterocycles. The standard InChI is InChI=1S/C21H13ClF2N2O2/c1-11-4-2-3-5-13(11)20(27)25-12-6-7-19-18(8-12)26-21(28-19)14-9-16(23)17(24)10-15(14)22/h2-10H,1H3,(H,25,27). The van der Waals surface area contributed by atoms with E-state index in [4.69, 9.17) is 16.0 Å². The number of aryl methyl sites for hydroxylation is 1. The first kappa shape index (κ1) is 18.1. The van der Waals surface area contributed by atoms with Crippen LogP contribution in [0.4, 0.5) is 14.5 Å². The molecular formula is C21H13ClF2N2O2. The molecular weight excluding hydrogens is 386 g/mol. The highest BCUT2D eigenvalue weighted by molar-refractivity contribution is 6.33. The highest BCUT2D eigenvalue weighted by atomic mass is 35.5. The molecule has 0 radical (unpaired) electrons. The van der Waals surface area contributed by atoms with Crippen LogP contribution in [0.2, 0.25) is 5.02 Å². The summed E-state index contributed by atoms with van der Waals surface area (Å²) < 4.78 is 32.4. The van der Waals surface area contributed by atoms with E-state index < -0.39 is 11.6 Å². The topological polar surface area (TPSA) is 55.1 Å². The number of halogens is 3. The Labute approximate surface area is 163 Å². The quantitative estimate of drug-likeness (QED) is 0.431. The van der Waals surface area contributed by atoms with Crippen molar-refractivity contribution in [1.29, 1.82) is 0 Å². The minimum Gasteiger partial charge on any atom is -0.436 e. The zero-order valence-corrected chi connectivity index (χ0v) is 15.3. The molecule has 1 heterocycles. The number of aromatic nitrogens is 1. The fourth-order valence-electron chi connectivity index (χ4n) is 2.83. The highest BCUT2D eigenvalue weighted by Crippen LogP contribution is 2.32. The molecule has 3 aromatic carbocycles. The van der Waals surface area contributed by atoms with Crippen LogP contribution in [0.25, 0.3) is 22.6 Å². The van der Waals surface area contributed by atoms with E-state index in [2.05, 4.69) is 10.3 Å². The second kappa shape index (κ2) is 7.05. The van der Waals surface area contributed by atoms with Crippen LogP contribution in [0.3, 0.4) is 0 Å². The number of fused-ring (bicyclic) bond motifs is 1. The number of benzene rings is 3. The van der Waals surface area contributed by atoms with Crippen LogP contribution in [0.5, 0.6) is 0 Å². The van der Waals surface area contributed by atoms with Crippen LogP contribution in [-0.2, 0) is 0 Å². The van der Waals surface area contributed by atoms with E-state index in [1.54, 1.807) is 30.3 Å². The number of hydrogen-bond acceptors (Lipinski definition) is 3. The van der Waals surface area contributed by atoms with Crippen LogP contribution < -0.4 is 5.32 Å². The molecule has 7 heteroatoms. The molecule has 4 aromatic rings. The lowest BCUT2D eigenvalue weighted by Crippen LogP contribution is -2.13. The Morgan fingerprint density at radius 2 is 1.82 bits per heavy atom. The van der Waals surface area contributed by atoms with Gasteiger partial charge in [0.2, 0.25) is 5.89 Å². The van der Waals surface area contributed by atoms with Crippen LogP contribution >= 0.6 is 11.6 Å². The number of carbonyl (C=O) groups excluding carboxylic acids is 1. The molecule has 0 aliphatic rings. The average molecular weight is 399 g/mol. The van der Waals surface area contributed by atoms with Gasteiger partial charge in [-0.15, -0.1) is 0 Å². The van der Waals surface area contributed by atoms with Crippen molar-refractivity contribution in [2.45, 2.75) is 6.92 Å². The van der Waals surface area contributed by atoms with Gasteiger partial charge in [0, 0.05) is 11.3 Å². The number of rotatable bonds is 3. The first-order chi connectivity index (χ1) is 13.4. The Balaban J connectivity index is 1.67. The fraction of sp³-hybridized carbons (Fsp3) is 0.0476. The third-order valence-corrected chi connectivity index (χ3v) is 4.59. The predicted molar refractivity (Wildman–Crippen MR) is 104 cm³/mol. The largest absolute Gasteiger partial charge is 0.436 e. The predicted octanol–water partition coefficient (Wildman–Crippen LogP) is 5.99. The van der Waals surface area contributed by atoms with Gasteiger partial charge in [0.1, 0.15) is 5.52 Å². The minimum absolute atomic E-state index is 0.0152. The van der Waals surface area contributed by atoms with E-state index >= 15 is 0 Å². The van der Waals surface area contributed by atoms with Crippen LogP contribution in [-0.4, -0.2) is 10.9 Å². The van der Waals surface area contributed by atoms with Crippen molar-refractivity contribution in [2.75, 3.05) is 5.32 Å². The highest BCUT2D eigenvalue weighted by Gasteiger charge is 2.16. The Hall–Kier alpha value is -3.25. The molecule has 140 valence electrons. The third-order valence-electron chi connectivity index (χ3n) is 4.28. The normalized spacial score (nSPS) is 11.0. The SMILES string of the molecule is Cc1ccccc1C(=O)Nc1ccc2oc(-c3cc(F)c(F)cc3Cl)nc2c1. The zero-order chi connectivity index (χ0) is 19.8. The molecule has 0 fully saturated rings. The first-order valence-corrected chi connectivity index (χ1v) is 8.72. The smallest absolute Gasteiger partial charge is 0.255 e. The van der Waals surface area contributed by atoms with Gasteiger partial charge in [0.05, 0.1) is 10.6 Å². The summed E-state index contributed by atoms with van der Waals surface area (Å²) >= 11 is 5.98. The van der Waals surface area contributed by atoms with E-state index in [9.17, 15) is 13.6 Å². The van der Waals surface area contributed by atoms with Gasteiger partial charge in [-0.1, -0.05) is 29.8 Å². The summed E-state index contributed by atoms with van der Waals surface area (Å²) in [7, 11) is 0. The van der Waals surface area contributed by atoms with Gasteiger partial charge in [-0.2, -0.15) is 0 Å². The summed E-state index contributed by atoms with van der Waals surface area (Å²) in [6.45, 7) is 1.85. The number of amides is 1. The fourth-order valence-corrected chi connectivity index (χ4v) is 3.06. The van der Waals surface area contributed by atoms with E-state index in [1.807, 2.05) is 19.1 Å². The lowest BCUT2D eigenvalue weighted by molar-refractivity contribution is 0.102. The molecule has 1 N–H and O–H groups in total. The van der Waals surface area contributed by atoms with Gasteiger partial charge in [0.25, 0.3) is 5.91 Å². The second-order valence-electron chi connectivity index (χ2n) is 6.22. The molecule has 0 unspecified atom stereocenters. The molecule has 0 saturated carbocycles. The van der Waals surface area contributed by atoms with E-state index in [-0.39, 0.29) is 22.4 Å². The van der Waals surface area contributed by atoms with Gasteiger partial charge in [-0.05, 0) is 48.9 Å². The first-order valence-electron chi connectivity index (χ1n) is 8.35. The molecule has 1 aromatic heterocycles. The van der Waals surface area contributed by atoms with Gasteiger partial charge >= 0.3 is 0 Å². The van der Waals surface area contributed by atoms with E-state index in [0.717, 1.165) is 17.7 Å². The molecule has 0 aliphatic heterocycles. The maximum atomic E-state index is 13.6. The summed E-state index contributed by atoms with van der Waals surface area (Å²) in [5, 5.41) is 2.80. The third kappa shape index (κ3) is 3.34. The minimum atomic E-state index is -1.05. The summed E-state index contributed by atoms with van der Waals surface area (Å²) in [5.74, 6) is -2.29. The molecule has 4 nitrogen and oxygen atoms in total. The maximum absolute atomic E-state index is 13.6. The Bertz CT molecular complexity index is 1220. The molecule has 4 rings (SSSR count). The lowest BCUT2D eigenvalue weighted by Gasteiger charge is -2.07.